The zero-order valence-corrected chi connectivity index (χ0v) is 69.4. The topological polar surface area (TPSA) is 415 Å². The molecule has 34 heteroatoms. The normalized spacial score (nSPS) is 27.0. The van der Waals surface area contributed by atoms with Gasteiger partial charge in [0, 0.05) is 31.7 Å². The van der Waals surface area contributed by atoms with Crippen LogP contribution in [0, 0.1) is 0 Å². The van der Waals surface area contributed by atoms with E-state index < -0.39 is 185 Å². The van der Waals surface area contributed by atoms with E-state index in [0.717, 1.165) is 5.56 Å². The number of aliphatic hydroxyl groups is 4. The lowest BCUT2D eigenvalue weighted by Crippen LogP contribution is -2.71. The van der Waals surface area contributed by atoms with Crippen molar-refractivity contribution in [1.82, 2.24) is 37.2 Å². The molecule has 0 spiro atoms. The molecule has 5 aliphatic rings. The first-order valence-corrected chi connectivity index (χ1v) is 43.6. The molecule has 0 radical (unpaired) electrons. The van der Waals surface area contributed by atoms with Crippen LogP contribution in [0.15, 0.2) is 212 Å². The van der Waals surface area contributed by atoms with Crippen LogP contribution < -0.4 is 37.2 Å². The Bertz CT molecular complexity index is 4380. The molecule has 20 atom stereocenters. The number of rotatable bonds is 35. The molecule has 122 heavy (non-hydrogen) atoms. The van der Waals surface area contributed by atoms with Gasteiger partial charge in [0.2, 0.25) is 0 Å². The Morgan fingerprint density at radius 2 is 0.820 bits per heavy atom. The summed E-state index contributed by atoms with van der Waals surface area (Å²) >= 11 is 0. The first-order valence-electron chi connectivity index (χ1n) is 40.7. The second-order valence-electron chi connectivity index (χ2n) is 31.5. The molecule has 1 unspecified atom stereocenters. The molecule has 1 aliphatic carbocycles. The molecule has 7 aromatic carbocycles. The van der Waals surface area contributed by atoms with Crippen molar-refractivity contribution in [3.8, 4) is 0 Å². The predicted octanol–water partition coefficient (Wildman–Crippen LogP) is 8.31. The fraction of sp³-hybridized carbons (Fsp3) is 0.455. The van der Waals surface area contributed by atoms with E-state index in [4.69, 9.17) is 75.5 Å². The number of carbonyl (C=O) groups excluding carboxylic acids is 6. The standard InChI is InChI=1S/C88H109N7O26Si/c1-88(2,3)122(4,5)114-54-66-75(120-79-67(94-86(104)112-51-59-35-21-10-22-36-59)71(98)70(97)64(115-79)46-91-83(101)109-48-56-29-15-7-16-30-56)77(106-44-43-89-41-42-90-82(100)108-47-55-27-13-6-14-28-55)81(117-66)121-76-69(96)62(92-84(102)110-49-57-31-17-8-18-32-57)45-63(93-85(103)111-50-58-33-19-9-20-34-58)73(76)118-80-68(95-87(105)113-52-60-37-23-11-24-38-60)72(99)74-65(116-80)53-107-78(119-74)61-39-25-12-26-40-61/h6-40,62-81,89,96-99H,41-54H2,1-5H3,(H,90,100)(H,91,101)(H,92,102)(H,93,103)(H,94,104)(H,95,105)/t62-,63+,64+,65-,66-,67-,68-,69+,70-,71-,72-,73-,74-,75-,76-,77-,78?,79-,80-,81+/m1/s1. The number of fused-ring (bicyclic) bond motifs is 1. The van der Waals surface area contributed by atoms with Crippen molar-refractivity contribution in [1.29, 1.82) is 0 Å². The van der Waals surface area contributed by atoms with Gasteiger partial charge in [-0.15, -0.1) is 0 Å². The highest BCUT2D eigenvalue weighted by atomic mass is 28.4. The largest absolute Gasteiger partial charge is 0.445 e. The zero-order valence-electron chi connectivity index (χ0n) is 68.4. The van der Waals surface area contributed by atoms with Crippen molar-refractivity contribution in [3.05, 3.63) is 251 Å². The van der Waals surface area contributed by atoms with Crippen molar-refractivity contribution in [3.63, 3.8) is 0 Å². The average molecular weight is 1710 g/mol. The Morgan fingerprint density at radius 1 is 0.410 bits per heavy atom. The van der Waals surface area contributed by atoms with Crippen molar-refractivity contribution < 1.29 is 125 Å². The SMILES string of the molecule is CC(C)(C)[Si](C)(C)OC[C@H]1O[C@@H](O[C@@H]2[C@@H](O)[C@H](NC(=O)OCc3ccccc3)C[C@H](NC(=O)OCc3ccccc3)[C@H]2O[C@H]2O[C@@H]3COC(c4ccccc4)O[C@H]3[C@H](O)[C@H]2NC(=O)OCc2ccccc2)[C@H](OCCNCCNC(=O)OCc2ccccc2)[C@@H]1O[C@H]1O[C@@H](CNC(=O)OCc2ccccc2)[C@@H](O)[C@H](O)[C@H]1NC(=O)OCc1ccccc1. The van der Waals surface area contributed by atoms with Gasteiger partial charge in [0.05, 0.1) is 31.9 Å². The maximum atomic E-state index is 14.7. The summed E-state index contributed by atoms with van der Waals surface area (Å²) in [4.78, 5) is 84.1. The van der Waals surface area contributed by atoms with E-state index in [1.165, 1.54) is 0 Å². The van der Waals surface area contributed by atoms with Crippen molar-refractivity contribution in [2.45, 2.75) is 208 Å². The number of hydrogen-bond donors (Lipinski definition) is 11. The van der Waals surface area contributed by atoms with Crippen LogP contribution in [0.3, 0.4) is 0 Å². The summed E-state index contributed by atoms with van der Waals surface area (Å²) in [5.41, 5.74) is 4.52. The minimum atomic E-state index is -2.86. The molecule has 1 saturated carbocycles. The van der Waals surface area contributed by atoms with Gasteiger partial charge < -0.3 is 133 Å². The molecule has 5 fully saturated rings. The second kappa shape index (κ2) is 44.7. The quantitative estimate of drug-likeness (QED) is 0.0101. The first kappa shape index (κ1) is 91.0. The van der Waals surface area contributed by atoms with Crippen LogP contribution in [0.1, 0.15) is 72.4 Å². The lowest BCUT2D eigenvalue weighted by molar-refractivity contribution is -0.358. The van der Waals surface area contributed by atoms with E-state index >= 15 is 0 Å². The number of carbonyl (C=O) groups is 6. The van der Waals surface area contributed by atoms with Crippen LogP contribution in [0.25, 0.3) is 0 Å². The number of alkyl carbamates (subject to hydrolysis) is 6. The van der Waals surface area contributed by atoms with Gasteiger partial charge in [-0.2, -0.15) is 0 Å². The van der Waals surface area contributed by atoms with E-state index in [0.29, 0.717) is 33.4 Å². The molecule has 4 saturated heterocycles. The smallest absolute Gasteiger partial charge is 0.407 e. The highest BCUT2D eigenvalue weighted by molar-refractivity contribution is 6.74. The molecule has 6 amide bonds. The van der Waals surface area contributed by atoms with Gasteiger partial charge in [-0.05, 0) is 57.9 Å². The molecule has 11 N–H and O–H groups in total. The van der Waals surface area contributed by atoms with E-state index in [2.05, 4.69) is 37.2 Å². The van der Waals surface area contributed by atoms with Crippen LogP contribution in [-0.4, -0.2) is 228 Å². The van der Waals surface area contributed by atoms with Crippen molar-refractivity contribution >= 4 is 44.9 Å². The van der Waals surface area contributed by atoms with Gasteiger partial charge in [-0.3, -0.25) is 0 Å². The predicted molar refractivity (Wildman–Crippen MR) is 438 cm³/mol. The van der Waals surface area contributed by atoms with Crippen molar-refractivity contribution in [2.24, 2.45) is 0 Å². The summed E-state index contributed by atoms with van der Waals surface area (Å²) in [6.45, 7) is 8.09. The minimum absolute atomic E-state index is 0.0261. The van der Waals surface area contributed by atoms with Crippen LogP contribution in [0.5, 0.6) is 0 Å². The highest BCUT2D eigenvalue weighted by Gasteiger charge is 2.59. The lowest BCUT2D eigenvalue weighted by Gasteiger charge is -2.51. The maximum absolute atomic E-state index is 14.7. The highest BCUT2D eigenvalue weighted by Crippen LogP contribution is 2.42. The van der Waals surface area contributed by atoms with Gasteiger partial charge in [0.15, 0.2) is 33.5 Å². The van der Waals surface area contributed by atoms with Gasteiger partial charge in [0.1, 0.15) is 125 Å². The summed E-state index contributed by atoms with van der Waals surface area (Å²) in [5, 5.41) is 70.1. The Hall–Kier alpha value is -10.2. The van der Waals surface area contributed by atoms with E-state index in [9.17, 15) is 49.2 Å². The van der Waals surface area contributed by atoms with Crippen LogP contribution in [0.4, 0.5) is 28.8 Å². The monoisotopic (exact) mass is 1710 g/mol. The third-order valence-corrected chi connectivity index (χ3v) is 26.2. The molecule has 7 aromatic rings. The molecule has 0 bridgehead atoms. The number of amides is 6. The lowest BCUT2D eigenvalue weighted by atomic mass is 9.83. The molecule has 656 valence electrons. The fourth-order valence-electron chi connectivity index (χ4n) is 14.1. The zero-order chi connectivity index (χ0) is 86.0. The van der Waals surface area contributed by atoms with E-state index in [1.807, 2.05) is 70.3 Å². The minimum Gasteiger partial charge on any atom is -0.445 e. The van der Waals surface area contributed by atoms with E-state index in [1.54, 1.807) is 176 Å². The van der Waals surface area contributed by atoms with Gasteiger partial charge in [-0.25, -0.2) is 28.8 Å². The molecular formula is C88H109N7O26Si. The third kappa shape index (κ3) is 26.2. The summed E-state index contributed by atoms with van der Waals surface area (Å²) in [5.74, 6) is 0. The Kier molecular flexibility index (Phi) is 33.4. The van der Waals surface area contributed by atoms with E-state index in [-0.39, 0.29) is 79.1 Å². The summed E-state index contributed by atoms with van der Waals surface area (Å²) in [7, 11) is -2.86. The number of hydrogen-bond acceptors (Lipinski definition) is 27. The molecule has 4 aliphatic heterocycles. The van der Waals surface area contributed by atoms with Gasteiger partial charge in [0.25, 0.3) is 0 Å². The molecule has 4 heterocycles. The molecular weight excluding hydrogens is 1600 g/mol. The fourth-order valence-corrected chi connectivity index (χ4v) is 15.1. The maximum Gasteiger partial charge on any atom is 0.407 e. The molecule has 0 aromatic heterocycles. The summed E-state index contributed by atoms with van der Waals surface area (Å²) in [6, 6.07) is 55.9. The second-order valence-corrected chi connectivity index (χ2v) is 36.3. The van der Waals surface area contributed by atoms with Gasteiger partial charge >= 0.3 is 36.6 Å². The number of aliphatic hydroxyl groups excluding tert-OH is 4. The Balaban J connectivity index is 0.925. The number of nitrogens with one attached hydrogen (secondary N) is 7. The summed E-state index contributed by atoms with van der Waals surface area (Å²) in [6.07, 6.45) is -32.1. The Morgan fingerprint density at radius 3 is 1.30 bits per heavy atom. The van der Waals surface area contributed by atoms with Gasteiger partial charge in [-0.1, -0.05) is 233 Å². The number of ether oxygens (including phenoxy) is 15. The van der Waals surface area contributed by atoms with Crippen molar-refractivity contribution in [2.75, 3.05) is 46.0 Å². The van der Waals surface area contributed by atoms with Crippen LogP contribution >= 0.6 is 0 Å². The molecule has 12 rings (SSSR count). The average Bonchev–Trinajstić information content (AvgIpc) is 1.68. The van der Waals surface area contributed by atoms with Crippen LogP contribution in [-0.2, 0) is 115 Å². The summed E-state index contributed by atoms with van der Waals surface area (Å²) < 4.78 is 103. The third-order valence-electron chi connectivity index (χ3n) is 21.7. The first-order chi connectivity index (χ1) is 59.0. The number of benzene rings is 7. The van der Waals surface area contributed by atoms with Crippen LogP contribution in [0.2, 0.25) is 18.1 Å². The Labute approximate surface area is 708 Å². The molecule has 33 nitrogen and oxygen atoms in total.